The van der Waals surface area contributed by atoms with E-state index in [-0.39, 0.29) is 0 Å². The molecule has 6 nitrogen and oxygen atoms in total. The van der Waals surface area contributed by atoms with Gasteiger partial charge in [-0.15, -0.1) is 0 Å². The van der Waals surface area contributed by atoms with Crippen molar-refractivity contribution in [2.45, 2.75) is 32.8 Å². The van der Waals surface area contributed by atoms with Crippen molar-refractivity contribution in [2.75, 3.05) is 20.3 Å². The van der Waals surface area contributed by atoms with Crippen LogP contribution in [0.4, 0.5) is 4.79 Å². The van der Waals surface area contributed by atoms with Crippen LogP contribution in [0, 0.1) is 0 Å². The quantitative estimate of drug-likeness (QED) is 0.471. The fraction of sp³-hybridized carbons (Fsp3) is 0.444. The summed E-state index contributed by atoms with van der Waals surface area (Å²) in [5.41, 5.74) is 0.379. The summed E-state index contributed by atoms with van der Waals surface area (Å²) < 4.78 is 15.2. The number of alkyl carbamates (subject to hydrolysis) is 1. The van der Waals surface area contributed by atoms with E-state index >= 15 is 0 Å². The molecule has 0 radical (unpaired) electrons. The fourth-order valence-corrected chi connectivity index (χ4v) is 1.67. The van der Waals surface area contributed by atoms with E-state index in [1.54, 1.807) is 6.08 Å². The minimum Gasteiger partial charge on any atom is -0.494 e. The van der Waals surface area contributed by atoms with Crippen LogP contribution in [-0.4, -0.2) is 37.9 Å². The number of nitrogens with one attached hydrogen (secondary N) is 1. The number of hydrogen-bond acceptors (Lipinski definition) is 5. The summed E-state index contributed by atoms with van der Waals surface area (Å²) in [6.07, 6.45) is 3.27. The molecule has 6 heteroatoms. The summed E-state index contributed by atoms with van der Waals surface area (Å²) in [6.45, 7) is 6.42. The molecule has 0 fully saturated rings. The molecule has 0 atom stereocenters. The lowest BCUT2D eigenvalue weighted by Crippen LogP contribution is -2.33. The zero-order valence-corrected chi connectivity index (χ0v) is 14.6. The predicted molar refractivity (Wildman–Crippen MR) is 91.8 cm³/mol. The highest BCUT2D eigenvalue weighted by Crippen LogP contribution is 2.13. The minimum absolute atomic E-state index is 0.396. The number of amides is 1. The van der Waals surface area contributed by atoms with Crippen LogP contribution in [-0.2, 0) is 14.3 Å². The second kappa shape index (κ2) is 9.60. The topological polar surface area (TPSA) is 73.9 Å². The van der Waals surface area contributed by atoms with Crippen molar-refractivity contribution >= 4 is 18.1 Å². The fourth-order valence-electron chi connectivity index (χ4n) is 1.67. The van der Waals surface area contributed by atoms with Crippen LogP contribution in [0.15, 0.2) is 30.3 Å². The molecule has 0 bridgehead atoms. The van der Waals surface area contributed by atoms with Gasteiger partial charge in [0, 0.05) is 12.6 Å². The van der Waals surface area contributed by atoms with Crippen LogP contribution >= 0.6 is 0 Å². The third-order valence-electron chi connectivity index (χ3n) is 2.75. The van der Waals surface area contributed by atoms with Gasteiger partial charge >= 0.3 is 12.1 Å². The van der Waals surface area contributed by atoms with E-state index in [0.717, 1.165) is 11.3 Å². The van der Waals surface area contributed by atoms with Gasteiger partial charge < -0.3 is 19.5 Å². The van der Waals surface area contributed by atoms with Gasteiger partial charge in [-0.3, -0.25) is 0 Å². The summed E-state index contributed by atoms with van der Waals surface area (Å²) in [4.78, 5) is 22.5. The van der Waals surface area contributed by atoms with Gasteiger partial charge in [-0.25, -0.2) is 9.59 Å². The van der Waals surface area contributed by atoms with Crippen LogP contribution in [0.3, 0.4) is 0 Å². The van der Waals surface area contributed by atoms with Crippen molar-refractivity contribution in [3.63, 3.8) is 0 Å². The molecule has 0 aliphatic rings. The third kappa shape index (κ3) is 8.82. The van der Waals surface area contributed by atoms with Crippen molar-refractivity contribution in [3.05, 3.63) is 35.9 Å². The van der Waals surface area contributed by atoms with E-state index in [2.05, 4.69) is 10.1 Å². The van der Waals surface area contributed by atoms with Crippen molar-refractivity contribution in [1.82, 2.24) is 5.32 Å². The van der Waals surface area contributed by atoms with Crippen LogP contribution in [0.25, 0.3) is 6.08 Å². The highest BCUT2D eigenvalue weighted by molar-refractivity contribution is 5.86. The summed E-state index contributed by atoms with van der Waals surface area (Å²) in [5.74, 6) is 0.329. The lowest BCUT2D eigenvalue weighted by molar-refractivity contribution is -0.134. The van der Waals surface area contributed by atoms with Gasteiger partial charge in [-0.2, -0.15) is 0 Å². The first-order valence-electron chi connectivity index (χ1n) is 7.76. The molecule has 0 unspecified atom stereocenters. The van der Waals surface area contributed by atoms with E-state index in [9.17, 15) is 9.59 Å². The highest BCUT2D eigenvalue weighted by Gasteiger charge is 2.15. The normalized spacial score (nSPS) is 11.2. The van der Waals surface area contributed by atoms with E-state index < -0.39 is 17.7 Å². The van der Waals surface area contributed by atoms with Crippen LogP contribution in [0.2, 0.25) is 0 Å². The molecule has 0 aromatic heterocycles. The molecule has 0 saturated carbocycles. The van der Waals surface area contributed by atoms with Crippen LogP contribution < -0.4 is 10.1 Å². The Balaban J connectivity index is 2.25. The smallest absolute Gasteiger partial charge is 0.407 e. The predicted octanol–water partition coefficient (Wildman–Crippen LogP) is 3.17. The Morgan fingerprint density at radius 3 is 2.42 bits per heavy atom. The van der Waals surface area contributed by atoms with Gasteiger partial charge in [0.15, 0.2) is 0 Å². The molecule has 1 amide bonds. The van der Waals surface area contributed by atoms with E-state index in [4.69, 9.17) is 9.47 Å². The molecule has 0 saturated heterocycles. The molecule has 1 aromatic carbocycles. The number of methoxy groups -OCH3 is 1. The van der Waals surface area contributed by atoms with E-state index in [1.165, 1.54) is 13.2 Å². The van der Waals surface area contributed by atoms with Gasteiger partial charge in [0.25, 0.3) is 0 Å². The van der Waals surface area contributed by atoms with Crippen molar-refractivity contribution in [1.29, 1.82) is 0 Å². The number of esters is 1. The highest BCUT2D eigenvalue weighted by atomic mass is 16.6. The van der Waals surface area contributed by atoms with Gasteiger partial charge in [-0.1, -0.05) is 12.1 Å². The Morgan fingerprint density at radius 1 is 1.17 bits per heavy atom. The maximum absolute atomic E-state index is 11.4. The zero-order chi connectivity index (χ0) is 18.0. The lowest BCUT2D eigenvalue weighted by Gasteiger charge is -2.19. The number of carbonyl (C=O) groups is 2. The SMILES string of the molecule is COC(=O)C=Cc1ccc(OCCCNC(=O)OC(C)(C)C)cc1. The number of hydrogen-bond donors (Lipinski definition) is 1. The maximum Gasteiger partial charge on any atom is 0.407 e. The summed E-state index contributed by atoms with van der Waals surface area (Å²) in [6, 6.07) is 7.32. The van der Waals surface area contributed by atoms with Crippen molar-refractivity contribution in [3.8, 4) is 5.75 Å². The first-order valence-corrected chi connectivity index (χ1v) is 7.76. The zero-order valence-electron chi connectivity index (χ0n) is 14.6. The average molecular weight is 335 g/mol. The van der Waals surface area contributed by atoms with Gasteiger partial charge in [0.1, 0.15) is 11.4 Å². The molecule has 0 heterocycles. The lowest BCUT2D eigenvalue weighted by atomic mass is 10.2. The summed E-state index contributed by atoms with van der Waals surface area (Å²) in [7, 11) is 1.33. The van der Waals surface area contributed by atoms with E-state index in [0.29, 0.717) is 19.6 Å². The van der Waals surface area contributed by atoms with Crippen molar-refractivity contribution in [2.24, 2.45) is 0 Å². The molecule has 1 N–H and O–H groups in total. The summed E-state index contributed by atoms with van der Waals surface area (Å²) >= 11 is 0. The Kier molecular flexibility index (Phi) is 7.82. The first-order chi connectivity index (χ1) is 11.3. The minimum atomic E-state index is -0.495. The average Bonchev–Trinajstić information content (AvgIpc) is 2.51. The molecule has 0 spiro atoms. The monoisotopic (exact) mass is 335 g/mol. The molecular formula is C18H25NO5. The van der Waals surface area contributed by atoms with Crippen LogP contribution in [0.5, 0.6) is 5.75 Å². The van der Waals surface area contributed by atoms with Crippen LogP contribution in [0.1, 0.15) is 32.8 Å². The van der Waals surface area contributed by atoms with Gasteiger partial charge in [-0.05, 0) is 51.0 Å². The Morgan fingerprint density at radius 2 is 1.83 bits per heavy atom. The van der Waals surface area contributed by atoms with E-state index in [1.807, 2.05) is 45.0 Å². The van der Waals surface area contributed by atoms with Gasteiger partial charge in [0.2, 0.25) is 0 Å². The molecule has 1 aromatic rings. The maximum atomic E-state index is 11.4. The van der Waals surface area contributed by atoms with Gasteiger partial charge in [0.05, 0.1) is 13.7 Å². The number of benzene rings is 1. The molecule has 0 aliphatic carbocycles. The Labute approximate surface area is 142 Å². The Hall–Kier alpha value is -2.50. The number of ether oxygens (including phenoxy) is 3. The standard InChI is InChI=1S/C18H25NO5/c1-18(2,3)24-17(21)19-12-5-13-23-15-9-6-14(7-10-15)8-11-16(20)22-4/h6-11H,5,12-13H2,1-4H3,(H,19,21). The second-order valence-electron chi connectivity index (χ2n) is 6.06. The first kappa shape index (κ1) is 19.5. The number of rotatable bonds is 7. The Bertz CT molecular complexity index is 558. The molecular weight excluding hydrogens is 310 g/mol. The third-order valence-corrected chi connectivity index (χ3v) is 2.75. The molecule has 1 rings (SSSR count). The van der Waals surface area contributed by atoms with Crippen molar-refractivity contribution < 1.29 is 23.8 Å². The summed E-state index contributed by atoms with van der Waals surface area (Å²) in [5, 5.41) is 2.67. The molecule has 132 valence electrons. The largest absolute Gasteiger partial charge is 0.494 e. The molecule has 24 heavy (non-hydrogen) atoms. The second-order valence-corrected chi connectivity index (χ2v) is 6.06. The number of carbonyl (C=O) groups excluding carboxylic acids is 2. The molecule has 0 aliphatic heterocycles.